The summed E-state index contributed by atoms with van der Waals surface area (Å²) in [5.74, 6) is 2.55. The zero-order chi connectivity index (χ0) is 14.4. The van der Waals surface area contributed by atoms with Gasteiger partial charge in [-0.2, -0.15) is 0 Å². The summed E-state index contributed by atoms with van der Waals surface area (Å²) >= 11 is 3.32. The molecule has 0 aliphatic carbocycles. The van der Waals surface area contributed by atoms with Crippen molar-refractivity contribution in [1.29, 1.82) is 0 Å². The Morgan fingerprint density at radius 2 is 2.10 bits per heavy atom. The maximum absolute atomic E-state index is 5.58. The van der Waals surface area contributed by atoms with E-state index in [1.54, 1.807) is 23.1 Å². The second-order valence-electron chi connectivity index (χ2n) is 4.63. The van der Waals surface area contributed by atoms with Crippen molar-refractivity contribution in [2.24, 2.45) is 5.92 Å². The fourth-order valence-electron chi connectivity index (χ4n) is 1.52. The Labute approximate surface area is 128 Å². The van der Waals surface area contributed by atoms with Crippen LogP contribution in [0.1, 0.15) is 20.8 Å². The van der Waals surface area contributed by atoms with Crippen LogP contribution in [0.5, 0.6) is 5.75 Å². The van der Waals surface area contributed by atoms with Gasteiger partial charge in [0.2, 0.25) is 5.13 Å². The summed E-state index contributed by atoms with van der Waals surface area (Å²) in [6, 6.07) is 7.86. The van der Waals surface area contributed by atoms with Crippen molar-refractivity contribution in [2.75, 3.05) is 17.7 Å². The fourth-order valence-corrected chi connectivity index (χ4v) is 3.26. The van der Waals surface area contributed by atoms with Crippen molar-refractivity contribution in [1.82, 2.24) is 10.2 Å². The van der Waals surface area contributed by atoms with Gasteiger partial charge in [-0.3, -0.25) is 0 Å². The number of nitrogens with one attached hydrogen (secondary N) is 1. The molecule has 0 fully saturated rings. The Morgan fingerprint density at radius 1 is 1.30 bits per heavy atom. The summed E-state index contributed by atoms with van der Waals surface area (Å²) in [5.41, 5.74) is 0.922. The highest BCUT2D eigenvalue weighted by Gasteiger charge is 2.08. The van der Waals surface area contributed by atoms with Crippen molar-refractivity contribution >= 4 is 33.9 Å². The van der Waals surface area contributed by atoms with Crippen LogP contribution in [0.15, 0.2) is 28.6 Å². The molecular formula is C14H19N3OS2. The normalized spacial score (nSPS) is 10.8. The first kappa shape index (κ1) is 15.1. The van der Waals surface area contributed by atoms with Gasteiger partial charge >= 0.3 is 0 Å². The van der Waals surface area contributed by atoms with Crippen LogP contribution in [0.2, 0.25) is 0 Å². The predicted octanol–water partition coefficient (Wildman–Crippen LogP) is 4.43. The highest BCUT2D eigenvalue weighted by atomic mass is 32.2. The van der Waals surface area contributed by atoms with Gasteiger partial charge in [-0.25, -0.2) is 0 Å². The average Bonchev–Trinajstić information content (AvgIpc) is 2.87. The molecule has 0 atom stereocenters. The van der Waals surface area contributed by atoms with Crippen LogP contribution < -0.4 is 10.1 Å². The first-order valence-corrected chi connectivity index (χ1v) is 8.44. The molecule has 0 spiro atoms. The fraction of sp³-hybridized carbons (Fsp3) is 0.429. The molecule has 0 amide bonds. The summed E-state index contributed by atoms with van der Waals surface area (Å²) in [6.45, 7) is 7.02. The van der Waals surface area contributed by atoms with Crippen molar-refractivity contribution in [2.45, 2.75) is 25.1 Å². The third kappa shape index (κ3) is 4.38. The van der Waals surface area contributed by atoms with E-state index in [0.717, 1.165) is 26.7 Å². The first-order chi connectivity index (χ1) is 9.69. The molecule has 1 heterocycles. The van der Waals surface area contributed by atoms with Crippen molar-refractivity contribution in [3.63, 3.8) is 0 Å². The van der Waals surface area contributed by atoms with Crippen LogP contribution in [-0.2, 0) is 0 Å². The number of anilines is 2. The number of rotatable bonds is 7. The minimum absolute atomic E-state index is 0.643. The highest BCUT2D eigenvalue weighted by molar-refractivity contribution is 8.01. The monoisotopic (exact) mass is 309 g/mol. The molecule has 0 unspecified atom stereocenters. The molecule has 0 radical (unpaired) electrons. The van der Waals surface area contributed by atoms with Crippen molar-refractivity contribution in [3.8, 4) is 5.75 Å². The topological polar surface area (TPSA) is 47.0 Å². The summed E-state index contributed by atoms with van der Waals surface area (Å²) in [6.07, 6.45) is 0. The second kappa shape index (κ2) is 7.50. The second-order valence-corrected chi connectivity index (χ2v) is 6.88. The Morgan fingerprint density at radius 3 is 2.85 bits per heavy atom. The summed E-state index contributed by atoms with van der Waals surface area (Å²) in [5, 5.41) is 12.4. The zero-order valence-electron chi connectivity index (χ0n) is 11.9. The van der Waals surface area contributed by atoms with E-state index >= 15 is 0 Å². The standard InChI is InChI=1S/C14H19N3OS2/c1-4-18-12-8-6-5-7-11(12)15-13-16-17-14(20-13)19-9-10(2)3/h5-8,10H,4,9H2,1-3H3,(H,15,16). The first-order valence-electron chi connectivity index (χ1n) is 6.64. The number of nitrogens with zero attached hydrogens (tertiary/aromatic N) is 2. The van der Waals surface area contributed by atoms with E-state index in [2.05, 4.69) is 29.4 Å². The van der Waals surface area contributed by atoms with E-state index in [1.165, 1.54) is 0 Å². The Balaban J connectivity index is 2.03. The third-order valence-corrected chi connectivity index (χ3v) is 4.77. The van der Waals surface area contributed by atoms with Gasteiger partial charge in [-0.15, -0.1) is 10.2 Å². The smallest absolute Gasteiger partial charge is 0.210 e. The van der Waals surface area contributed by atoms with Gasteiger partial charge in [-0.05, 0) is 25.0 Å². The van der Waals surface area contributed by atoms with Crippen molar-refractivity contribution in [3.05, 3.63) is 24.3 Å². The Bertz CT molecular complexity index is 543. The Hall–Kier alpha value is -1.27. The average molecular weight is 309 g/mol. The quantitative estimate of drug-likeness (QED) is 0.767. The van der Waals surface area contributed by atoms with Gasteiger partial charge in [0.25, 0.3) is 0 Å². The number of hydrogen-bond acceptors (Lipinski definition) is 6. The predicted molar refractivity (Wildman–Crippen MR) is 86.4 cm³/mol. The molecule has 0 bridgehead atoms. The van der Waals surface area contributed by atoms with Crippen LogP contribution in [0, 0.1) is 5.92 Å². The third-order valence-electron chi connectivity index (χ3n) is 2.38. The molecule has 4 nitrogen and oxygen atoms in total. The van der Waals surface area contributed by atoms with Crippen LogP contribution in [0.4, 0.5) is 10.8 Å². The molecule has 108 valence electrons. The van der Waals surface area contributed by atoms with Crippen LogP contribution in [0.25, 0.3) is 0 Å². The number of aromatic nitrogens is 2. The number of para-hydroxylation sites is 2. The highest BCUT2D eigenvalue weighted by Crippen LogP contribution is 2.32. The molecule has 2 rings (SSSR count). The van der Waals surface area contributed by atoms with Crippen LogP contribution >= 0.6 is 23.1 Å². The molecule has 6 heteroatoms. The van der Waals surface area contributed by atoms with E-state index in [1.807, 2.05) is 31.2 Å². The van der Waals surface area contributed by atoms with Crippen LogP contribution in [-0.4, -0.2) is 22.6 Å². The molecule has 0 aliphatic rings. The van der Waals surface area contributed by atoms with Gasteiger partial charge in [0, 0.05) is 5.75 Å². The largest absolute Gasteiger partial charge is 0.492 e. The lowest BCUT2D eigenvalue weighted by Gasteiger charge is -2.09. The molecule has 20 heavy (non-hydrogen) atoms. The molecule has 0 aliphatic heterocycles. The Kier molecular flexibility index (Phi) is 5.67. The summed E-state index contributed by atoms with van der Waals surface area (Å²) in [7, 11) is 0. The SMILES string of the molecule is CCOc1ccccc1Nc1nnc(SCC(C)C)s1. The van der Waals surface area contributed by atoms with E-state index in [4.69, 9.17) is 4.74 Å². The molecule has 0 saturated carbocycles. The lowest BCUT2D eigenvalue weighted by molar-refractivity contribution is 0.342. The van der Waals surface area contributed by atoms with E-state index in [9.17, 15) is 0 Å². The van der Waals surface area contributed by atoms with E-state index in [-0.39, 0.29) is 0 Å². The van der Waals surface area contributed by atoms with Crippen molar-refractivity contribution < 1.29 is 4.74 Å². The number of hydrogen-bond donors (Lipinski definition) is 1. The zero-order valence-corrected chi connectivity index (χ0v) is 13.6. The molecule has 0 saturated heterocycles. The van der Waals surface area contributed by atoms with Gasteiger partial charge < -0.3 is 10.1 Å². The molecule has 1 N–H and O–H groups in total. The van der Waals surface area contributed by atoms with E-state index < -0.39 is 0 Å². The molecule has 1 aromatic carbocycles. The minimum atomic E-state index is 0.643. The number of ether oxygens (including phenoxy) is 1. The van der Waals surface area contributed by atoms with Gasteiger partial charge in [-0.1, -0.05) is 49.1 Å². The summed E-state index contributed by atoms with van der Waals surface area (Å²) < 4.78 is 6.58. The summed E-state index contributed by atoms with van der Waals surface area (Å²) in [4.78, 5) is 0. The number of benzene rings is 1. The molecular weight excluding hydrogens is 290 g/mol. The van der Waals surface area contributed by atoms with Crippen LogP contribution in [0.3, 0.4) is 0 Å². The lowest BCUT2D eigenvalue weighted by Crippen LogP contribution is -1.97. The number of thioether (sulfide) groups is 1. The van der Waals surface area contributed by atoms with Gasteiger partial charge in [0.15, 0.2) is 4.34 Å². The maximum atomic E-state index is 5.58. The van der Waals surface area contributed by atoms with Gasteiger partial charge in [0.05, 0.1) is 12.3 Å². The molecule has 1 aromatic heterocycles. The van der Waals surface area contributed by atoms with E-state index in [0.29, 0.717) is 12.5 Å². The van der Waals surface area contributed by atoms with Gasteiger partial charge in [0.1, 0.15) is 5.75 Å². The maximum Gasteiger partial charge on any atom is 0.210 e. The molecule has 2 aromatic rings. The lowest BCUT2D eigenvalue weighted by atomic mass is 10.3. The minimum Gasteiger partial charge on any atom is -0.492 e.